The molecule has 0 saturated heterocycles. The van der Waals surface area contributed by atoms with Crippen LogP contribution in [0.3, 0.4) is 0 Å². The van der Waals surface area contributed by atoms with E-state index in [0.717, 1.165) is 6.42 Å². The summed E-state index contributed by atoms with van der Waals surface area (Å²) in [4.78, 5) is 22.8. The number of amides is 1. The van der Waals surface area contributed by atoms with E-state index in [-0.39, 0.29) is 17.3 Å². The fourth-order valence-electron chi connectivity index (χ4n) is 1.27. The Morgan fingerprint density at radius 1 is 1.67 bits per heavy atom. The number of carbonyl (C=O) groups excluding carboxylic acids is 1. The van der Waals surface area contributed by atoms with Gasteiger partial charge in [-0.05, 0) is 6.42 Å². The molecule has 0 aliphatic rings. The second kappa shape index (κ2) is 7.55. The summed E-state index contributed by atoms with van der Waals surface area (Å²) in [6.07, 6.45) is 1.11. The highest BCUT2D eigenvalue weighted by atomic mass is 32.2. The molecule has 8 heteroatoms. The zero-order chi connectivity index (χ0) is 13.4. The van der Waals surface area contributed by atoms with E-state index in [4.69, 9.17) is 5.26 Å². The largest absolute Gasteiger partial charge is 0.354 e. The van der Waals surface area contributed by atoms with Crippen molar-refractivity contribution >= 4 is 17.7 Å². The van der Waals surface area contributed by atoms with Crippen molar-refractivity contribution < 1.29 is 4.79 Å². The number of nitrogens with one attached hydrogen (secondary N) is 2. The second-order valence-corrected chi connectivity index (χ2v) is 4.45. The maximum Gasteiger partial charge on any atom is 0.343 e. The third-order valence-corrected chi connectivity index (χ3v) is 3.04. The third kappa shape index (κ3) is 4.25. The quantitative estimate of drug-likeness (QED) is 0.540. The number of aromatic amines is 1. The van der Waals surface area contributed by atoms with Crippen molar-refractivity contribution in [3.63, 3.8) is 0 Å². The van der Waals surface area contributed by atoms with Crippen LogP contribution in [0.25, 0.3) is 0 Å². The van der Waals surface area contributed by atoms with Gasteiger partial charge in [-0.25, -0.2) is 9.89 Å². The summed E-state index contributed by atoms with van der Waals surface area (Å²) in [6, 6.07) is 1.94. The molecular weight excluding hydrogens is 254 g/mol. The van der Waals surface area contributed by atoms with Crippen LogP contribution in [-0.4, -0.2) is 33.0 Å². The van der Waals surface area contributed by atoms with Crippen LogP contribution in [0.15, 0.2) is 9.95 Å². The van der Waals surface area contributed by atoms with E-state index in [2.05, 4.69) is 15.5 Å². The van der Waals surface area contributed by atoms with Gasteiger partial charge in [0, 0.05) is 13.1 Å². The lowest BCUT2D eigenvalue weighted by atomic mass is 10.4. The molecule has 0 fully saturated rings. The van der Waals surface area contributed by atoms with Gasteiger partial charge in [0.1, 0.15) is 0 Å². The van der Waals surface area contributed by atoms with Gasteiger partial charge in [0.05, 0.1) is 18.2 Å². The van der Waals surface area contributed by atoms with Gasteiger partial charge >= 0.3 is 5.69 Å². The van der Waals surface area contributed by atoms with Crippen molar-refractivity contribution in [2.24, 2.45) is 0 Å². The summed E-state index contributed by atoms with van der Waals surface area (Å²) in [7, 11) is 0. The molecule has 0 atom stereocenters. The van der Waals surface area contributed by atoms with Gasteiger partial charge in [0.25, 0.3) is 0 Å². The summed E-state index contributed by atoms with van der Waals surface area (Å²) in [5.74, 6) is 0.00754. The van der Waals surface area contributed by atoms with Gasteiger partial charge in [-0.15, -0.1) is 5.10 Å². The van der Waals surface area contributed by atoms with Crippen LogP contribution in [-0.2, 0) is 11.3 Å². The molecule has 1 aromatic heterocycles. The lowest BCUT2D eigenvalue weighted by Crippen LogP contribution is -2.26. The van der Waals surface area contributed by atoms with Crippen LogP contribution in [0.4, 0.5) is 0 Å². The minimum atomic E-state index is -0.260. The molecule has 0 aromatic carbocycles. The molecule has 18 heavy (non-hydrogen) atoms. The lowest BCUT2D eigenvalue weighted by molar-refractivity contribution is -0.118. The minimum absolute atomic E-state index is 0.172. The van der Waals surface area contributed by atoms with Gasteiger partial charge < -0.3 is 5.32 Å². The number of hydrogen-bond donors (Lipinski definition) is 2. The Bertz CT molecular complexity index is 487. The summed E-state index contributed by atoms with van der Waals surface area (Å²) in [5, 5.41) is 17.7. The molecular formula is C10H15N5O2S. The predicted octanol–water partition coefficient (Wildman–Crippen LogP) is 0.103. The second-order valence-electron chi connectivity index (χ2n) is 3.51. The number of thioether (sulfide) groups is 1. The molecule has 2 N–H and O–H groups in total. The molecule has 0 spiro atoms. The fourth-order valence-corrected chi connectivity index (χ4v) is 2.08. The monoisotopic (exact) mass is 269 g/mol. The highest BCUT2D eigenvalue weighted by Gasteiger charge is 2.10. The number of nitrogens with zero attached hydrogens (tertiary/aromatic N) is 3. The van der Waals surface area contributed by atoms with E-state index in [0.29, 0.717) is 24.7 Å². The first-order valence-electron chi connectivity index (χ1n) is 5.60. The van der Waals surface area contributed by atoms with Crippen molar-refractivity contribution in [3.05, 3.63) is 10.5 Å². The van der Waals surface area contributed by atoms with Crippen LogP contribution >= 0.6 is 11.8 Å². The van der Waals surface area contributed by atoms with Gasteiger partial charge in [-0.3, -0.25) is 9.36 Å². The molecule has 7 nitrogen and oxygen atoms in total. The Hall–Kier alpha value is -1.75. The van der Waals surface area contributed by atoms with Crippen molar-refractivity contribution in [2.75, 3.05) is 12.3 Å². The highest BCUT2D eigenvalue weighted by Crippen LogP contribution is 2.12. The number of carbonyl (C=O) groups is 1. The van der Waals surface area contributed by atoms with E-state index in [9.17, 15) is 9.59 Å². The molecule has 0 aliphatic carbocycles. The topological polar surface area (TPSA) is 104 Å². The van der Waals surface area contributed by atoms with Crippen LogP contribution in [0, 0.1) is 11.3 Å². The zero-order valence-electron chi connectivity index (χ0n) is 10.1. The molecule has 1 aromatic rings. The maximum absolute atomic E-state index is 11.4. The third-order valence-electron chi connectivity index (χ3n) is 2.06. The van der Waals surface area contributed by atoms with E-state index >= 15 is 0 Å². The summed E-state index contributed by atoms with van der Waals surface area (Å²) < 4.78 is 1.51. The summed E-state index contributed by atoms with van der Waals surface area (Å²) in [5.41, 5.74) is -0.260. The van der Waals surface area contributed by atoms with Crippen molar-refractivity contribution in [2.45, 2.75) is 31.5 Å². The van der Waals surface area contributed by atoms with Crippen molar-refractivity contribution in [3.8, 4) is 6.07 Å². The first-order chi connectivity index (χ1) is 8.69. The number of H-pyrrole nitrogens is 1. The predicted molar refractivity (Wildman–Crippen MR) is 67.1 cm³/mol. The minimum Gasteiger partial charge on any atom is -0.354 e. The van der Waals surface area contributed by atoms with Gasteiger partial charge in [-0.1, -0.05) is 18.7 Å². The summed E-state index contributed by atoms with van der Waals surface area (Å²) >= 11 is 1.20. The Morgan fingerprint density at radius 2 is 2.44 bits per heavy atom. The Morgan fingerprint density at radius 3 is 3.11 bits per heavy atom. The average molecular weight is 269 g/mol. The molecule has 1 amide bonds. The van der Waals surface area contributed by atoms with E-state index in [1.54, 1.807) is 0 Å². The lowest BCUT2D eigenvalue weighted by Gasteiger charge is -2.04. The van der Waals surface area contributed by atoms with Crippen LogP contribution in [0.1, 0.15) is 19.8 Å². The Kier molecular flexibility index (Phi) is 6.00. The van der Waals surface area contributed by atoms with E-state index in [1.807, 2.05) is 13.0 Å². The number of rotatable bonds is 7. The number of aromatic nitrogens is 3. The van der Waals surface area contributed by atoms with Crippen LogP contribution < -0.4 is 11.0 Å². The molecule has 98 valence electrons. The van der Waals surface area contributed by atoms with Crippen molar-refractivity contribution in [1.82, 2.24) is 20.1 Å². The number of hydrogen-bond acceptors (Lipinski definition) is 5. The van der Waals surface area contributed by atoms with Crippen LogP contribution in [0.5, 0.6) is 0 Å². The van der Waals surface area contributed by atoms with Crippen molar-refractivity contribution in [1.29, 1.82) is 5.26 Å². The van der Waals surface area contributed by atoms with Gasteiger partial charge in [0.2, 0.25) is 5.91 Å². The molecule has 1 rings (SSSR count). The SMILES string of the molecule is CCCn1c(SCC(=O)NCCC#N)n[nH]c1=O. The highest BCUT2D eigenvalue weighted by molar-refractivity contribution is 7.99. The van der Waals surface area contributed by atoms with E-state index in [1.165, 1.54) is 16.3 Å². The Balaban J connectivity index is 2.46. The first kappa shape index (κ1) is 14.3. The van der Waals surface area contributed by atoms with Crippen LogP contribution in [0.2, 0.25) is 0 Å². The standard InChI is InChI=1S/C10H15N5O2S/c1-2-6-15-9(17)13-14-10(15)18-7-8(16)12-5-3-4-11/h2-3,5-7H2,1H3,(H,12,16)(H,13,17). The molecule has 1 heterocycles. The smallest absolute Gasteiger partial charge is 0.343 e. The zero-order valence-corrected chi connectivity index (χ0v) is 10.9. The Labute approximate surface area is 109 Å². The fraction of sp³-hybridized carbons (Fsp3) is 0.600. The summed E-state index contributed by atoms with van der Waals surface area (Å²) in [6.45, 7) is 2.88. The molecule has 0 saturated carbocycles. The van der Waals surface area contributed by atoms with E-state index < -0.39 is 0 Å². The average Bonchev–Trinajstić information content (AvgIpc) is 2.69. The first-order valence-corrected chi connectivity index (χ1v) is 6.59. The molecule has 0 radical (unpaired) electrons. The van der Waals surface area contributed by atoms with Gasteiger partial charge in [0.15, 0.2) is 5.16 Å². The van der Waals surface area contributed by atoms with Gasteiger partial charge in [-0.2, -0.15) is 5.26 Å². The number of nitriles is 1. The maximum atomic E-state index is 11.4. The molecule has 0 bridgehead atoms. The molecule has 0 unspecified atom stereocenters. The normalized spacial score (nSPS) is 10.0. The molecule has 0 aliphatic heterocycles.